The zero-order valence-corrected chi connectivity index (χ0v) is 9.60. The second-order valence-corrected chi connectivity index (χ2v) is 3.92. The van der Waals surface area contributed by atoms with Crippen LogP contribution in [-0.4, -0.2) is 15.6 Å². The molecule has 1 unspecified atom stereocenters. The molecule has 1 atom stereocenters. The van der Waals surface area contributed by atoms with E-state index in [1.54, 1.807) is 12.1 Å². The molecule has 0 saturated heterocycles. The van der Waals surface area contributed by atoms with Crippen LogP contribution in [-0.2, 0) is 0 Å². The van der Waals surface area contributed by atoms with Crippen LogP contribution in [0.1, 0.15) is 50.1 Å². The fourth-order valence-electron chi connectivity index (χ4n) is 2.13. The van der Waals surface area contributed by atoms with E-state index in [4.69, 9.17) is 5.11 Å². The maximum Gasteiger partial charge on any atom is 0.352 e. The van der Waals surface area contributed by atoms with Gasteiger partial charge in [0, 0.05) is 12.2 Å². The Morgan fingerprint density at radius 2 is 2.07 bits per heavy atom. The van der Waals surface area contributed by atoms with Gasteiger partial charge in [-0.2, -0.15) is 0 Å². The van der Waals surface area contributed by atoms with Crippen LogP contribution < -0.4 is 0 Å². The molecule has 1 N–H and O–H groups in total. The summed E-state index contributed by atoms with van der Waals surface area (Å²) in [5.41, 5.74) is 0.384. The summed E-state index contributed by atoms with van der Waals surface area (Å²) in [4.78, 5) is 11.0. The van der Waals surface area contributed by atoms with Gasteiger partial charge in [-0.3, -0.25) is 0 Å². The van der Waals surface area contributed by atoms with Crippen LogP contribution in [0.15, 0.2) is 18.3 Å². The van der Waals surface area contributed by atoms with Crippen LogP contribution in [0, 0.1) is 5.92 Å². The molecule has 3 nitrogen and oxygen atoms in total. The molecule has 0 aliphatic rings. The van der Waals surface area contributed by atoms with Gasteiger partial charge in [0.2, 0.25) is 0 Å². The third kappa shape index (κ3) is 2.41. The van der Waals surface area contributed by atoms with Crippen molar-refractivity contribution in [1.82, 2.24) is 4.57 Å². The lowest BCUT2D eigenvalue weighted by molar-refractivity contribution is 0.0680. The van der Waals surface area contributed by atoms with E-state index in [1.165, 1.54) is 0 Å². The first-order valence-corrected chi connectivity index (χ1v) is 5.51. The molecule has 0 fully saturated rings. The van der Waals surface area contributed by atoms with Gasteiger partial charge in [0.1, 0.15) is 5.69 Å². The summed E-state index contributed by atoms with van der Waals surface area (Å²) in [6.45, 7) is 6.38. The highest BCUT2D eigenvalue weighted by atomic mass is 16.4. The average Bonchev–Trinajstić information content (AvgIpc) is 2.67. The SMILES string of the molecule is CCC(CC)C(C)n1cccc1C(=O)O. The monoisotopic (exact) mass is 209 g/mol. The zero-order chi connectivity index (χ0) is 11.4. The molecule has 0 bridgehead atoms. The van der Waals surface area contributed by atoms with Gasteiger partial charge in [-0.25, -0.2) is 4.79 Å². The first kappa shape index (κ1) is 11.8. The Kier molecular flexibility index (Phi) is 3.95. The molecule has 0 saturated carbocycles. The first-order valence-electron chi connectivity index (χ1n) is 5.51. The smallest absolute Gasteiger partial charge is 0.352 e. The third-order valence-electron chi connectivity index (χ3n) is 3.17. The summed E-state index contributed by atoms with van der Waals surface area (Å²) in [6.07, 6.45) is 4.01. The summed E-state index contributed by atoms with van der Waals surface area (Å²) in [6, 6.07) is 3.70. The number of carboxylic acids is 1. The Hall–Kier alpha value is -1.25. The van der Waals surface area contributed by atoms with Crippen molar-refractivity contribution in [2.75, 3.05) is 0 Å². The molecule has 0 spiro atoms. The van der Waals surface area contributed by atoms with Crippen molar-refractivity contribution in [3.8, 4) is 0 Å². The molecule has 0 radical (unpaired) electrons. The number of carboxylic acid groups (broad SMARTS) is 1. The minimum absolute atomic E-state index is 0.251. The molecule has 84 valence electrons. The Morgan fingerprint density at radius 1 is 1.47 bits per heavy atom. The van der Waals surface area contributed by atoms with Gasteiger partial charge in [-0.15, -0.1) is 0 Å². The van der Waals surface area contributed by atoms with E-state index in [0.29, 0.717) is 11.6 Å². The number of nitrogens with zero attached hydrogens (tertiary/aromatic N) is 1. The Balaban J connectivity index is 2.94. The zero-order valence-electron chi connectivity index (χ0n) is 9.60. The Bertz CT molecular complexity index is 326. The van der Waals surface area contributed by atoms with E-state index in [-0.39, 0.29) is 6.04 Å². The number of aromatic nitrogens is 1. The Morgan fingerprint density at radius 3 is 2.53 bits per heavy atom. The van der Waals surface area contributed by atoms with Gasteiger partial charge in [0.25, 0.3) is 0 Å². The molecule has 15 heavy (non-hydrogen) atoms. The first-order chi connectivity index (χ1) is 7.11. The van der Waals surface area contributed by atoms with Crippen molar-refractivity contribution < 1.29 is 9.90 Å². The van der Waals surface area contributed by atoms with E-state index < -0.39 is 5.97 Å². The van der Waals surface area contributed by atoms with E-state index in [0.717, 1.165) is 12.8 Å². The van der Waals surface area contributed by atoms with Gasteiger partial charge in [0.15, 0.2) is 0 Å². The number of aromatic carboxylic acids is 1. The van der Waals surface area contributed by atoms with Gasteiger partial charge in [0.05, 0.1) is 0 Å². The molecule has 0 amide bonds. The van der Waals surface area contributed by atoms with E-state index in [1.807, 2.05) is 10.8 Å². The van der Waals surface area contributed by atoms with Crippen LogP contribution in [0.25, 0.3) is 0 Å². The van der Waals surface area contributed by atoms with Crippen LogP contribution >= 0.6 is 0 Å². The molecule has 1 aromatic rings. The summed E-state index contributed by atoms with van der Waals surface area (Å²) in [5.74, 6) is -0.312. The normalized spacial score (nSPS) is 13.1. The molecule has 3 heteroatoms. The van der Waals surface area contributed by atoms with E-state index in [2.05, 4.69) is 20.8 Å². The number of hydrogen-bond donors (Lipinski definition) is 1. The van der Waals surface area contributed by atoms with Crippen molar-refractivity contribution in [3.63, 3.8) is 0 Å². The van der Waals surface area contributed by atoms with Crippen molar-refractivity contribution in [3.05, 3.63) is 24.0 Å². The summed E-state index contributed by atoms with van der Waals surface area (Å²) >= 11 is 0. The van der Waals surface area contributed by atoms with Crippen molar-refractivity contribution in [2.45, 2.75) is 39.7 Å². The predicted octanol–water partition coefficient (Wildman–Crippen LogP) is 3.18. The van der Waals surface area contributed by atoms with Gasteiger partial charge in [-0.1, -0.05) is 26.7 Å². The molecule has 0 aromatic carbocycles. The molecule has 1 rings (SSSR count). The minimum atomic E-state index is -0.849. The largest absolute Gasteiger partial charge is 0.477 e. The standard InChI is InChI=1S/C12H19NO2/c1-4-10(5-2)9(3)13-8-6-7-11(13)12(14)15/h6-10H,4-5H2,1-3H3,(H,14,15). The van der Waals surface area contributed by atoms with Gasteiger partial charge < -0.3 is 9.67 Å². The van der Waals surface area contributed by atoms with Crippen molar-refractivity contribution in [1.29, 1.82) is 0 Å². The highest BCUT2D eigenvalue weighted by molar-refractivity contribution is 5.85. The highest BCUT2D eigenvalue weighted by Gasteiger charge is 2.19. The molecular weight excluding hydrogens is 190 g/mol. The van der Waals surface area contributed by atoms with Crippen LogP contribution in [0.5, 0.6) is 0 Å². The summed E-state index contributed by atoms with van der Waals surface area (Å²) in [5, 5.41) is 9.01. The lowest BCUT2D eigenvalue weighted by Gasteiger charge is -2.24. The number of hydrogen-bond acceptors (Lipinski definition) is 1. The second kappa shape index (κ2) is 5.01. The minimum Gasteiger partial charge on any atom is -0.477 e. The fourth-order valence-corrected chi connectivity index (χ4v) is 2.13. The van der Waals surface area contributed by atoms with Crippen LogP contribution in [0.4, 0.5) is 0 Å². The average molecular weight is 209 g/mol. The predicted molar refractivity (Wildman–Crippen MR) is 60.2 cm³/mol. The topological polar surface area (TPSA) is 42.2 Å². The van der Waals surface area contributed by atoms with E-state index >= 15 is 0 Å². The number of rotatable bonds is 5. The molecular formula is C12H19NO2. The summed E-state index contributed by atoms with van der Waals surface area (Å²) < 4.78 is 1.86. The van der Waals surface area contributed by atoms with Crippen molar-refractivity contribution >= 4 is 5.97 Å². The lowest BCUT2D eigenvalue weighted by Crippen LogP contribution is -2.18. The highest BCUT2D eigenvalue weighted by Crippen LogP contribution is 2.25. The van der Waals surface area contributed by atoms with E-state index in [9.17, 15) is 4.79 Å². The van der Waals surface area contributed by atoms with Gasteiger partial charge in [-0.05, 0) is 25.0 Å². The van der Waals surface area contributed by atoms with Crippen molar-refractivity contribution in [2.24, 2.45) is 5.92 Å². The van der Waals surface area contributed by atoms with Gasteiger partial charge >= 0.3 is 5.97 Å². The fraction of sp³-hybridized carbons (Fsp3) is 0.583. The molecule has 0 aliphatic carbocycles. The quantitative estimate of drug-likeness (QED) is 0.809. The van der Waals surface area contributed by atoms with Crippen LogP contribution in [0.2, 0.25) is 0 Å². The Labute approximate surface area is 90.7 Å². The molecule has 1 aromatic heterocycles. The third-order valence-corrected chi connectivity index (χ3v) is 3.17. The lowest BCUT2D eigenvalue weighted by atomic mass is 9.95. The summed E-state index contributed by atoms with van der Waals surface area (Å²) in [7, 11) is 0. The maximum absolute atomic E-state index is 11.0. The number of carbonyl (C=O) groups is 1. The second-order valence-electron chi connectivity index (χ2n) is 3.92. The molecule has 1 heterocycles. The van der Waals surface area contributed by atoms with Crippen LogP contribution in [0.3, 0.4) is 0 Å². The maximum atomic E-state index is 11.0. The molecule has 0 aliphatic heterocycles.